The zero-order valence-electron chi connectivity index (χ0n) is 4.03. The predicted octanol–water partition coefficient (Wildman–Crippen LogP) is 1.53. The van der Waals surface area contributed by atoms with Gasteiger partial charge in [0.2, 0.25) is 0 Å². The average molecular weight is 142 g/mol. The third-order valence-electron chi connectivity index (χ3n) is 0.365. The Morgan fingerprint density at radius 1 is 1.50 bits per heavy atom. The van der Waals surface area contributed by atoms with E-state index in [0.29, 0.717) is 0 Å². The topological polar surface area (TPSA) is 9.23 Å². The van der Waals surface area contributed by atoms with Gasteiger partial charge in [0.25, 0.3) is 0 Å². The van der Waals surface area contributed by atoms with Crippen molar-refractivity contribution in [1.29, 1.82) is 0 Å². The highest BCUT2D eigenvalue weighted by Crippen LogP contribution is 2.08. The second-order valence-electron chi connectivity index (χ2n) is 1.05. The normalized spacial score (nSPS) is 11.4. The van der Waals surface area contributed by atoms with Crippen molar-refractivity contribution in [2.45, 2.75) is 0 Å². The van der Waals surface area contributed by atoms with Crippen LogP contribution >= 0.6 is 0 Å². The standard InChI is InChI=1S/C3H5F3OSi/c1-2-3-7-8(4,5)6/h2H,1,3H2. The SMILES string of the molecule is C=CCO[Si](F)(F)F. The van der Waals surface area contributed by atoms with Gasteiger partial charge in [-0.2, -0.15) is 0 Å². The quantitative estimate of drug-likeness (QED) is 0.330. The van der Waals surface area contributed by atoms with Crippen molar-refractivity contribution in [2.75, 3.05) is 6.61 Å². The third kappa shape index (κ3) is 5.71. The highest BCUT2D eigenvalue weighted by atomic mass is 28.5. The Morgan fingerprint density at radius 2 is 2.00 bits per heavy atom. The second-order valence-corrected chi connectivity index (χ2v) is 2.23. The Morgan fingerprint density at radius 3 is 2.12 bits per heavy atom. The van der Waals surface area contributed by atoms with Crippen LogP contribution in [0.4, 0.5) is 12.3 Å². The van der Waals surface area contributed by atoms with Crippen molar-refractivity contribution in [1.82, 2.24) is 0 Å². The first-order valence-corrected chi connectivity index (χ1v) is 3.42. The van der Waals surface area contributed by atoms with Gasteiger partial charge in [0.05, 0.1) is 6.61 Å². The lowest BCUT2D eigenvalue weighted by atomic mass is 10.7. The average Bonchev–Trinajstić information content (AvgIpc) is 1.59. The molecule has 8 heavy (non-hydrogen) atoms. The maximum Gasteiger partial charge on any atom is 0.802 e. The first kappa shape index (κ1) is 7.71. The molecule has 0 amide bonds. The molecule has 0 fully saturated rings. The van der Waals surface area contributed by atoms with Gasteiger partial charge in [-0.05, 0) is 0 Å². The predicted molar refractivity (Wildman–Crippen MR) is 25.2 cm³/mol. The fraction of sp³-hybridized carbons (Fsp3) is 0.333. The van der Waals surface area contributed by atoms with Gasteiger partial charge in [-0.25, -0.2) is 12.3 Å². The first-order valence-electron chi connectivity index (χ1n) is 1.88. The molecule has 0 rings (SSSR count). The Kier molecular flexibility index (Phi) is 2.78. The summed E-state index contributed by atoms with van der Waals surface area (Å²) in [6.07, 6.45) is 1.07. The largest absolute Gasteiger partial charge is 0.802 e. The Labute approximate surface area is 46.4 Å². The minimum atomic E-state index is -5.75. The van der Waals surface area contributed by atoms with Gasteiger partial charge in [0.15, 0.2) is 0 Å². The Bertz CT molecular complexity index is 79.1. The lowest BCUT2D eigenvalue weighted by molar-refractivity contribution is 0.199. The van der Waals surface area contributed by atoms with Crippen molar-refractivity contribution in [3.63, 3.8) is 0 Å². The van der Waals surface area contributed by atoms with Gasteiger partial charge >= 0.3 is 9.32 Å². The summed E-state index contributed by atoms with van der Waals surface area (Å²) in [5.41, 5.74) is 0. The van der Waals surface area contributed by atoms with Crippen LogP contribution in [0.2, 0.25) is 0 Å². The molecule has 5 heteroatoms. The van der Waals surface area contributed by atoms with Gasteiger partial charge in [0.1, 0.15) is 0 Å². The molecule has 0 aromatic carbocycles. The molecular weight excluding hydrogens is 137 g/mol. The van der Waals surface area contributed by atoms with Gasteiger partial charge < -0.3 is 4.43 Å². The molecule has 1 nitrogen and oxygen atoms in total. The molecule has 0 N–H and O–H groups in total. The maximum atomic E-state index is 11.1. The summed E-state index contributed by atoms with van der Waals surface area (Å²) in [6, 6.07) is 0. The smallest absolute Gasteiger partial charge is 0.338 e. The second kappa shape index (κ2) is 2.88. The zero-order valence-corrected chi connectivity index (χ0v) is 5.03. The minimum absolute atomic E-state index is 0.421. The van der Waals surface area contributed by atoms with Crippen LogP contribution in [-0.2, 0) is 4.43 Å². The van der Waals surface area contributed by atoms with E-state index in [0.717, 1.165) is 6.08 Å². The van der Waals surface area contributed by atoms with Crippen LogP contribution in [0.5, 0.6) is 0 Å². The minimum Gasteiger partial charge on any atom is -0.338 e. The molecule has 0 heterocycles. The number of rotatable bonds is 3. The lowest BCUT2D eigenvalue weighted by Crippen LogP contribution is -2.20. The van der Waals surface area contributed by atoms with Crippen LogP contribution in [0, 0.1) is 0 Å². The van der Waals surface area contributed by atoms with E-state index < -0.39 is 15.9 Å². The molecular formula is C3H5F3OSi. The van der Waals surface area contributed by atoms with Crippen molar-refractivity contribution in [2.24, 2.45) is 0 Å². The van der Waals surface area contributed by atoms with Crippen molar-refractivity contribution < 1.29 is 16.7 Å². The summed E-state index contributed by atoms with van der Waals surface area (Å²) >= 11 is 0. The summed E-state index contributed by atoms with van der Waals surface area (Å²) in [5, 5.41) is 0. The summed E-state index contributed by atoms with van der Waals surface area (Å²) in [6.45, 7) is 2.64. The monoisotopic (exact) mass is 142 g/mol. The molecule has 0 aromatic rings. The molecule has 48 valence electrons. The van der Waals surface area contributed by atoms with E-state index in [9.17, 15) is 12.3 Å². The lowest BCUT2D eigenvalue weighted by Gasteiger charge is -1.97. The van der Waals surface area contributed by atoms with E-state index in [4.69, 9.17) is 0 Å². The van der Waals surface area contributed by atoms with Crippen LogP contribution in [-0.4, -0.2) is 15.9 Å². The number of halogens is 3. The van der Waals surface area contributed by atoms with Crippen LogP contribution in [0.3, 0.4) is 0 Å². The molecule has 0 aliphatic heterocycles. The summed E-state index contributed by atoms with van der Waals surface area (Å²) < 4.78 is 36.7. The van der Waals surface area contributed by atoms with Crippen LogP contribution < -0.4 is 0 Å². The molecule has 0 unspecified atom stereocenters. The van der Waals surface area contributed by atoms with E-state index >= 15 is 0 Å². The van der Waals surface area contributed by atoms with E-state index in [1.54, 1.807) is 0 Å². The highest BCUT2D eigenvalue weighted by molar-refractivity contribution is 6.51. The molecule has 0 spiro atoms. The molecule has 0 aliphatic rings. The maximum absolute atomic E-state index is 11.1. The zero-order chi connectivity index (χ0) is 6.62. The van der Waals surface area contributed by atoms with E-state index in [1.165, 1.54) is 0 Å². The molecule has 0 saturated heterocycles. The van der Waals surface area contributed by atoms with E-state index in [1.807, 2.05) is 0 Å². The molecule has 0 bridgehead atoms. The van der Waals surface area contributed by atoms with Crippen molar-refractivity contribution >= 4 is 9.32 Å². The van der Waals surface area contributed by atoms with Crippen LogP contribution in [0.25, 0.3) is 0 Å². The fourth-order valence-corrected chi connectivity index (χ4v) is 0.460. The molecule has 0 atom stereocenters. The summed E-state index contributed by atoms with van der Waals surface area (Å²) in [5.74, 6) is 0. The van der Waals surface area contributed by atoms with Crippen LogP contribution in [0.1, 0.15) is 0 Å². The molecule has 0 aliphatic carbocycles. The third-order valence-corrected chi connectivity index (χ3v) is 0.859. The fourth-order valence-electron chi connectivity index (χ4n) is 0.153. The molecule has 0 aromatic heterocycles. The van der Waals surface area contributed by atoms with Gasteiger partial charge in [-0.15, -0.1) is 6.58 Å². The van der Waals surface area contributed by atoms with E-state index in [2.05, 4.69) is 11.0 Å². The first-order chi connectivity index (χ1) is 3.56. The summed E-state index contributed by atoms with van der Waals surface area (Å²) in [4.78, 5) is 0. The summed E-state index contributed by atoms with van der Waals surface area (Å²) in [7, 11) is -5.75. The van der Waals surface area contributed by atoms with Crippen molar-refractivity contribution in [3.05, 3.63) is 12.7 Å². The number of hydrogen-bond acceptors (Lipinski definition) is 1. The van der Waals surface area contributed by atoms with E-state index in [-0.39, 0.29) is 0 Å². The van der Waals surface area contributed by atoms with Gasteiger partial charge in [-0.1, -0.05) is 6.08 Å². The Balaban J connectivity index is 3.24. The van der Waals surface area contributed by atoms with Gasteiger partial charge in [-0.3, -0.25) is 0 Å². The highest BCUT2D eigenvalue weighted by Gasteiger charge is 2.40. The molecule has 0 radical (unpaired) electrons. The number of hydrogen-bond donors (Lipinski definition) is 0. The van der Waals surface area contributed by atoms with Crippen molar-refractivity contribution in [3.8, 4) is 0 Å². The van der Waals surface area contributed by atoms with Gasteiger partial charge in [0, 0.05) is 0 Å². The van der Waals surface area contributed by atoms with Crippen LogP contribution in [0.15, 0.2) is 12.7 Å². The Hall–Kier alpha value is -0.293. The molecule has 0 saturated carbocycles.